The van der Waals surface area contributed by atoms with Crippen LogP contribution in [0, 0.1) is 0 Å². The van der Waals surface area contributed by atoms with Crippen LogP contribution in [0.25, 0.3) is 0 Å². The van der Waals surface area contributed by atoms with Gasteiger partial charge in [-0.3, -0.25) is 0 Å². The summed E-state index contributed by atoms with van der Waals surface area (Å²) in [7, 11) is 0. The molecule has 1 aromatic heterocycles. The number of amides is 1. The molecule has 1 aromatic rings. The molecule has 0 saturated carbocycles. The molecule has 2 heterocycles. The first-order chi connectivity index (χ1) is 6.68. The summed E-state index contributed by atoms with van der Waals surface area (Å²) in [6, 6.07) is 0.394. The van der Waals surface area contributed by atoms with E-state index in [1.165, 1.54) is 0 Å². The number of likely N-dealkylation sites (tertiary alicyclic amines) is 1. The zero-order valence-electron chi connectivity index (χ0n) is 8.49. The number of hydrogen-bond acceptors (Lipinski definition) is 3. The van der Waals surface area contributed by atoms with E-state index in [1.54, 1.807) is 11.3 Å². The quantitative estimate of drug-likeness (QED) is 0.665. The van der Waals surface area contributed by atoms with E-state index in [9.17, 15) is 4.79 Å². The van der Waals surface area contributed by atoms with Crippen LogP contribution in [0.3, 0.4) is 0 Å². The molecular weight excluding hydrogens is 223 g/mol. The van der Waals surface area contributed by atoms with Crippen LogP contribution in [0.5, 0.6) is 0 Å². The average molecular weight is 234 g/mol. The Balaban J connectivity index is 2.15. The van der Waals surface area contributed by atoms with Crippen molar-refractivity contribution in [3.05, 3.63) is 11.1 Å². The molecule has 70 valence electrons. The van der Waals surface area contributed by atoms with Gasteiger partial charge in [0.15, 0.2) is 0 Å². The number of thiazole rings is 1. The van der Waals surface area contributed by atoms with Crippen molar-refractivity contribution in [2.24, 2.45) is 0 Å². The van der Waals surface area contributed by atoms with Crippen LogP contribution in [0.1, 0.15) is 30.3 Å². The Bertz CT molecular complexity index is 352. The molecule has 1 atom stereocenters. The normalized spacial score (nSPS) is 21.6. The minimum absolute atomic E-state index is 0.127. The summed E-state index contributed by atoms with van der Waals surface area (Å²) in [6.07, 6.45) is 2.26. The fourth-order valence-corrected chi connectivity index (χ4v) is 3.36. The van der Waals surface area contributed by atoms with Gasteiger partial charge in [-0.05, 0) is 0 Å². The van der Waals surface area contributed by atoms with Crippen LogP contribution in [-0.2, 0) is 0 Å². The van der Waals surface area contributed by atoms with Crippen molar-refractivity contribution in [3.8, 4) is 0 Å². The fourth-order valence-electron chi connectivity index (χ4n) is 1.84. The van der Waals surface area contributed by atoms with E-state index in [4.69, 9.17) is 0 Å². The summed E-state index contributed by atoms with van der Waals surface area (Å²) in [5, 5.41) is 1.90. The monoisotopic (exact) mass is 234 g/mol. The predicted molar refractivity (Wildman–Crippen MR) is 57.2 cm³/mol. The molecule has 0 spiro atoms. The molecule has 5 heteroatoms. The molecule has 0 aromatic carbocycles. The standard InChI is InChI=1S/C9H11N2OS.K/c1-7-3-2-4-11(7)9(12)8-5-13-6-10-8;/h5,7H,2-4H2,1H3;/t7-;/m0./s1. The van der Waals surface area contributed by atoms with Gasteiger partial charge in [-0.25, -0.2) is 0 Å². The molecule has 1 saturated heterocycles. The van der Waals surface area contributed by atoms with Gasteiger partial charge >= 0.3 is 123 Å². The zero-order valence-corrected chi connectivity index (χ0v) is 12.4. The van der Waals surface area contributed by atoms with Crippen molar-refractivity contribution in [2.75, 3.05) is 6.54 Å². The summed E-state index contributed by atoms with van der Waals surface area (Å²) in [5.74, 6) is 0.127. The molecule has 0 bridgehead atoms. The Hall–Kier alpha value is 0.736. The van der Waals surface area contributed by atoms with Crippen molar-refractivity contribution >= 4 is 65.3 Å². The van der Waals surface area contributed by atoms with Crippen molar-refractivity contribution in [1.29, 1.82) is 0 Å². The maximum absolute atomic E-state index is 12.0. The predicted octanol–water partition coefficient (Wildman–Crippen LogP) is 0.561. The summed E-state index contributed by atoms with van der Waals surface area (Å²) in [5.41, 5.74) is 0.659. The van der Waals surface area contributed by atoms with Crippen molar-refractivity contribution in [1.82, 2.24) is 9.88 Å². The zero-order chi connectivity index (χ0) is 10.1. The first-order valence-corrected chi connectivity index (χ1v) is 7.35. The molecule has 1 aliphatic rings. The molecular formula is C9H11KN2OS. The first kappa shape index (κ1) is 11.2. The van der Waals surface area contributed by atoms with Gasteiger partial charge in [0.25, 0.3) is 0 Å². The minimum atomic E-state index is 0.127. The van der Waals surface area contributed by atoms with E-state index in [0.717, 1.165) is 18.5 Å². The van der Waals surface area contributed by atoms with E-state index < -0.39 is 0 Å². The second-order valence-corrected chi connectivity index (χ2v) is 7.41. The number of carbonyl (C=O) groups excluding carboxylic acids is 1. The summed E-state index contributed by atoms with van der Waals surface area (Å²) in [4.78, 5) is 18.2. The average Bonchev–Trinajstić information content (AvgIpc) is 2.73. The number of nitrogens with zero attached hydrogens (tertiary/aromatic N) is 2. The topological polar surface area (TPSA) is 33.2 Å². The SMILES string of the molecule is C[C@H]1CCCN1C(=O)c1cs[c]([K])n1. The van der Waals surface area contributed by atoms with E-state index in [1.807, 2.05) is 10.3 Å². The molecule has 0 radical (unpaired) electrons. The molecule has 1 amide bonds. The van der Waals surface area contributed by atoms with Gasteiger partial charge in [0.1, 0.15) is 0 Å². The van der Waals surface area contributed by atoms with Crippen molar-refractivity contribution in [3.63, 3.8) is 0 Å². The second-order valence-electron chi connectivity index (χ2n) is 3.74. The molecule has 1 aliphatic heterocycles. The molecule has 0 N–H and O–H groups in total. The maximum atomic E-state index is 12.0. The van der Waals surface area contributed by atoms with Gasteiger partial charge in [-0.2, -0.15) is 0 Å². The Morgan fingerprint density at radius 1 is 1.79 bits per heavy atom. The summed E-state index contributed by atoms with van der Waals surface area (Å²) >= 11 is 2.21. The van der Waals surface area contributed by atoms with Gasteiger partial charge < -0.3 is 0 Å². The number of carbonyl (C=O) groups is 1. The third kappa shape index (κ3) is 2.28. The fraction of sp³-hybridized carbons (Fsp3) is 0.556. The Morgan fingerprint density at radius 3 is 3.07 bits per heavy atom. The van der Waals surface area contributed by atoms with E-state index in [0.29, 0.717) is 60.7 Å². The van der Waals surface area contributed by atoms with Gasteiger partial charge in [0, 0.05) is 0 Å². The first-order valence-electron chi connectivity index (χ1n) is 4.91. The van der Waals surface area contributed by atoms with E-state index in [2.05, 4.69) is 11.9 Å². The number of rotatable bonds is 1. The number of aromatic nitrogens is 1. The molecule has 0 aliphatic carbocycles. The third-order valence-corrected chi connectivity index (χ3v) is 4.88. The van der Waals surface area contributed by atoms with Crippen molar-refractivity contribution < 1.29 is 4.79 Å². The van der Waals surface area contributed by atoms with Crippen LogP contribution >= 0.6 is 11.3 Å². The number of hydrogen-bond donors (Lipinski definition) is 0. The van der Waals surface area contributed by atoms with Crippen LogP contribution in [0.4, 0.5) is 0 Å². The molecule has 3 nitrogen and oxygen atoms in total. The Labute approximate surface area is 121 Å². The van der Waals surface area contributed by atoms with Crippen LogP contribution in [0.2, 0.25) is 0 Å². The Kier molecular flexibility index (Phi) is 3.78. The molecule has 0 unspecified atom stereocenters. The Morgan fingerprint density at radius 2 is 2.57 bits per heavy atom. The molecule has 14 heavy (non-hydrogen) atoms. The summed E-state index contributed by atoms with van der Waals surface area (Å²) < 4.78 is 1.15. The molecule has 2 rings (SSSR count). The third-order valence-electron chi connectivity index (χ3n) is 2.65. The van der Waals surface area contributed by atoms with Crippen LogP contribution in [0.15, 0.2) is 5.38 Å². The van der Waals surface area contributed by atoms with Crippen LogP contribution < -0.4 is -0.898 Å². The molecule has 1 fully saturated rings. The second kappa shape index (κ2) is 4.72. The van der Waals surface area contributed by atoms with Gasteiger partial charge in [0.05, 0.1) is 0 Å². The van der Waals surface area contributed by atoms with E-state index >= 15 is 0 Å². The van der Waals surface area contributed by atoms with Gasteiger partial charge in [-0.15, -0.1) is 0 Å². The van der Waals surface area contributed by atoms with E-state index in [-0.39, 0.29) is 5.91 Å². The van der Waals surface area contributed by atoms with Gasteiger partial charge in [-0.1, -0.05) is 0 Å². The van der Waals surface area contributed by atoms with Crippen LogP contribution in [-0.4, -0.2) is 77.3 Å². The van der Waals surface area contributed by atoms with Gasteiger partial charge in [0.2, 0.25) is 0 Å². The summed E-state index contributed by atoms with van der Waals surface area (Å²) in [6.45, 7) is 3.01. The van der Waals surface area contributed by atoms with Crippen molar-refractivity contribution in [2.45, 2.75) is 25.8 Å².